The molecule has 2 N–H and O–H groups in total. The van der Waals surface area contributed by atoms with E-state index in [1.165, 1.54) is 28.8 Å². The molecule has 0 radical (unpaired) electrons. The fraction of sp³-hybridized carbons (Fsp3) is 0.125. The van der Waals surface area contributed by atoms with E-state index in [-0.39, 0.29) is 21.5 Å². The highest BCUT2D eigenvalue weighted by Gasteiger charge is 2.15. The Bertz CT molecular complexity index is 972. The highest BCUT2D eigenvalue weighted by molar-refractivity contribution is 9.10. The minimum absolute atomic E-state index is 0.00919. The molecule has 1 aromatic carbocycles. The van der Waals surface area contributed by atoms with Crippen molar-refractivity contribution in [3.63, 3.8) is 0 Å². The highest BCUT2D eigenvalue weighted by atomic mass is 79.9. The lowest BCUT2D eigenvalue weighted by Crippen LogP contribution is -2.21. The van der Waals surface area contributed by atoms with Crippen LogP contribution < -0.4 is 16.0 Å². The Morgan fingerprint density at radius 2 is 1.96 bits per heavy atom. The monoisotopic (exact) mass is 395 g/mol. The van der Waals surface area contributed by atoms with Gasteiger partial charge in [-0.1, -0.05) is 0 Å². The first-order valence-corrected chi connectivity index (χ1v) is 7.69. The average Bonchev–Trinajstić information content (AvgIpc) is 2.54. The van der Waals surface area contributed by atoms with Crippen molar-refractivity contribution in [2.24, 2.45) is 0 Å². The Morgan fingerprint density at radius 1 is 1.29 bits per heavy atom. The van der Waals surface area contributed by atoms with Gasteiger partial charge in [0, 0.05) is 11.9 Å². The lowest BCUT2D eigenvalue weighted by molar-refractivity contribution is -0.0498. The third-order valence-electron chi connectivity index (χ3n) is 3.45. The summed E-state index contributed by atoms with van der Waals surface area (Å²) in [5.74, 6) is 0.00919. The number of aromatic nitrogens is 2. The van der Waals surface area contributed by atoms with E-state index in [2.05, 4.69) is 25.7 Å². The molecule has 3 aromatic rings. The first-order valence-electron chi connectivity index (χ1n) is 6.90. The molecule has 0 aliphatic heterocycles. The fourth-order valence-electron chi connectivity index (χ4n) is 2.39. The van der Waals surface area contributed by atoms with Crippen LogP contribution >= 0.6 is 15.9 Å². The molecule has 0 saturated carbocycles. The van der Waals surface area contributed by atoms with Gasteiger partial charge in [0.2, 0.25) is 0 Å². The zero-order chi connectivity index (χ0) is 17.4. The molecule has 0 bridgehead atoms. The number of nitrogens with zero attached hydrogens (tertiary/aromatic N) is 2. The molecule has 2 aromatic heterocycles. The number of nitrogens with two attached hydrogens (primary N) is 1. The van der Waals surface area contributed by atoms with Crippen LogP contribution in [0.25, 0.3) is 16.7 Å². The van der Waals surface area contributed by atoms with Crippen molar-refractivity contribution in [2.45, 2.75) is 13.5 Å². The summed E-state index contributed by atoms with van der Waals surface area (Å²) in [5, 5.41) is 0. The summed E-state index contributed by atoms with van der Waals surface area (Å²) in [6.45, 7) is -1.06. The zero-order valence-electron chi connectivity index (χ0n) is 12.5. The number of nitrogen functional groups attached to an aromatic ring is 1. The van der Waals surface area contributed by atoms with E-state index in [4.69, 9.17) is 5.73 Å². The van der Waals surface area contributed by atoms with E-state index in [1.54, 1.807) is 12.3 Å². The van der Waals surface area contributed by atoms with E-state index in [9.17, 15) is 13.6 Å². The van der Waals surface area contributed by atoms with Gasteiger partial charge >= 0.3 is 6.61 Å². The number of alkyl halides is 2. The van der Waals surface area contributed by atoms with Crippen molar-refractivity contribution < 1.29 is 13.5 Å². The molecular formula is C16H12BrF2N3O2. The Labute approximate surface area is 143 Å². The van der Waals surface area contributed by atoms with E-state index >= 15 is 0 Å². The van der Waals surface area contributed by atoms with Crippen LogP contribution in [0, 0.1) is 6.92 Å². The normalized spacial score (nSPS) is 11.2. The predicted octanol–water partition coefficient (Wildman–Crippen LogP) is 3.64. The number of halogens is 3. The number of benzene rings is 1. The van der Waals surface area contributed by atoms with Crippen LogP contribution in [-0.4, -0.2) is 16.2 Å². The van der Waals surface area contributed by atoms with Crippen molar-refractivity contribution in [1.29, 1.82) is 0 Å². The van der Waals surface area contributed by atoms with Crippen LogP contribution in [0.3, 0.4) is 0 Å². The second kappa shape index (κ2) is 6.20. The number of fused-ring (bicyclic) bond motifs is 1. The molecule has 0 spiro atoms. The fourth-order valence-corrected chi connectivity index (χ4v) is 2.76. The van der Waals surface area contributed by atoms with Gasteiger partial charge in [0.15, 0.2) is 0 Å². The Kier molecular flexibility index (Phi) is 4.23. The van der Waals surface area contributed by atoms with E-state index < -0.39 is 6.61 Å². The van der Waals surface area contributed by atoms with Gasteiger partial charge in [0.25, 0.3) is 5.56 Å². The van der Waals surface area contributed by atoms with Gasteiger partial charge in [-0.2, -0.15) is 8.78 Å². The third kappa shape index (κ3) is 2.84. The number of pyridine rings is 2. The Balaban J connectivity index is 2.25. The van der Waals surface area contributed by atoms with Gasteiger partial charge in [-0.3, -0.25) is 14.3 Å². The predicted molar refractivity (Wildman–Crippen MR) is 90.8 cm³/mol. The van der Waals surface area contributed by atoms with Crippen molar-refractivity contribution >= 4 is 32.7 Å². The summed E-state index contributed by atoms with van der Waals surface area (Å²) in [5.41, 5.74) is 8.20. The SMILES string of the molecule is Cc1cnc2c(N)c(Br)c(=O)n(-c3ccc(OC(F)F)cc3)c2c1. The van der Waals surface area contributed by atoms with Crippen LogP contribution in [-0.2, 0) is 0 Å². The zero-order valence-corrected chi connectivity index (χ0v) is 14.0. The number of rotatable bonds is 3. The smallest absolute Gasteiger partial charge is 0.387 e. The van der Waals surface area contributed by atoms with E-state index in [0.29, 0.717) is 16.7 Å². The van der Waals surface area contributed by atoms with Crippen molar-refractivity contribution in [3.05, 3.63) is 56.9 Å². The molecule has 2 heterocycles. The second-order valence-electron chi connectivity index (χ2n) is 5.12. The number of aryl methyl sites for hydroxylation is 1. The highest BCUT2D eigenvalue weighted by Crippen LogP contribution is 2.27. The number of ether oxygens (including phenoxy) is 1. The van der Waals surface area contributed by atoms with Gasteiger partial charge in [-0.05, 0) is 58.7 Å². The summed E-state index contributed by atoms with van der Waals surface area (Å²) in [4.78, 5) is 16.9. The largest absolute Gasteiger partial charge is 0.435 e. The van der Waals surface area contributed by atoms with Gasteiger partial charge < -0.3 is 10.5 Å². The molecule has 0 saturated heterocycles. The Hall–Kier alpha value is -2.48. The molecule has 3 rings (SSSR count). The van der Waals surface area contributed by atoms with Crippen LogP contribution in [0.2, 0.25) is 0 Å². The number of hydrogen-bond donors (Lipinski definition) is 1. The molecule has 0 unspecified atom stereocenters. The number of hydrogen-bond acceptors (Lipinski definition) is 4. The van der Waals surface area contributed by atoms with Crippen molar-refractivity contribution in [1.82, 2.24) is 9.55 Å². The Morgan fingerprint density at radius 3 is 2.58 bits per heavy atom. The van der Waals surface area contributed by atoms with Crippen LogP contribution in [0.5, 0.6) is 5.75 Å². The molecule has 0 amide bonds. The maximum atomic E-state index is 12.6. The first-order chi connectivity index (χ1) is 11.4. The second-order valence-corrected chi connectivity index (χ2v) is 5.91. The summed E-state index contributed by atoms with van der Waals surface area (Å²) in [7, 11) is 0. The minimum Gasteiger partial charge on any atom is -0.435 e. The van der Waals surface area contributed by atoms with Crippen LogP contribution in [0.15, 0.2) is 45.8 Å². The molecule has 0 aliphatic carbocycles. The van der Waals surface area contributed by atoms with Gasteiger partial charge in [0.05, 0.1) is 11.2 Å². The summed E-state index contributed by atoms with van der Waals surface area (Å²) >= 11 is 3.19. The topological polar surface area (TPSA) is 70.1 Å². The maximum absolute atomic E-state index is 12.6. The first kappa shape index (κ1) is 16.4. The standard InChI is InChI=1S/C16H12BrF2N3O2/c1-8-6-11-14(21-7-8)13(20)12(17)15(23)22(11)9-2-4-10(5-3-9)24-16(18)19/h2-7,16H,20H2,1H3. The third-order valence-corrected chi connectivity index (χ3v) is 4.21. The summed E-state index contributed by atoms with van der Waals surface area (Å²) in [6, 6.07) is 7.56. The molecule has 0 atom stereocenters. The van der Waals surface area contributed by atoms with E-state index in [0.717, 1.165) is 5.56 Å². The number of anilines is 1. The van der Waals surface area contributed by atoms with Gasteiger partial charge in [-0.15, -0.1) is 0 Å². The van der Waals surface area contributed by atoms with Gasteiger partial charge in [0.1, 0.15) is 15.7 Å². The van der Waals surface area contributed by atoms with Crippen LogP contribution in [0.1, 0.15) is 5.56 Å². The molecular weight excluding hydrogens is 384 g/mol. The quantitative estimate of drug-likeness (QED) is 0.734. The molecule has 0 fully saturated rings. The molecule has 24 heavy (non-hydrogen) atoms. The summed E-state index contributed by atoms with van der Waals surface area (Å²) in [6.07, 6.45) is 1.65. The molecule has 5 nitrogen and oxygen atoms in total. The molecule has 0 aliphatic rings. The molecule has 8 heteroatoms. The van der Waals surface area contributed by atoms with Crippen LogP contribution in [0.4, 0.5) is 14.5 Å². The maximum Gasteiger partial charge on any atom is 0.387 e. The average molecular weight is 396 g/mol. The van der Waals surface area contributed by atoms with Crippen molar-refractivity contribution in [3.8, 4) is 11.4 Å². The minimum atomic E-state index is -2.91. The van der Waals surface area contributed by atoms with Crippen molar-refractivity contribution in [2.75, 3.05) is 5.73 Å². The van der Waals surface area contributed by atoms with E-state index in [1.807, 2.05) is 6.92 Å². The molecule has 124 valence electrons. The summed E-state index contributed by atoms with van der Waals surface area (Å²) < 4.78 is 30.4. The lowest BCUT2D eigenvalue weighted by Gasteiger charge is -2.14. The lowest BCUT2D eigenvalue weighted by atomic mass is 10.2. The van der Waals surface area contributed by atoms with Gasteiger partial charge in [-0.25, -0.2) is 0 Å².